The minimum Gasteiger partial charge on any atom is -0.475 e. The van der Waals surface area contributed by atoms with Gasteiger partial charge in [-0.3, -0.25) is 0 Å². The molecule has 2 heterocycles. The lowest BCUT2D eigenvalue weighted by molar-refractivity contribution is 0.314. The van der Waals surface area contributed by atoms with Gasteiger partial charge >= 0.3 is 0 Å². The molecule has 0 saturated carbocycles. The average Bonchev–Trinajstić information content (AvgIpc) is 3.16. The first-order chi connectivity index (χ1) is 9.80. The van der Waals surface area contributed by atoms with Gasteiger partial charge in [0.25, 0.3) is 0 Å². The number of aliphatic imine (C=N–C) groups is 2. The highest BCUT2D eigenvalue weighted by molar-refractivity contribution is 6.00. The van der Waals surface area contributed by atoms with Crippen LogP contribution in [0.15, 0.2) is 34.3 Å². The van der Waals surface area contributed by atoms with Crippen LogP contribution < -0.4 is 0 Å². The summed E-state index contributed by atoms with van der Waals surface area (Å²) in [6, 6.07) is 8.67. The van der Waals surface area contributed by atoms with E-state index < -0.39 is 0 Å². The van der Waals surface area contributed by atoms with Crippen LogP contribution in [0.25, 0.3) is 0 Å². The Bertz CT molecular complexity index is 506. The van der Waals surface area contributed by atoms with Crippen molar-refractivity contribution in [2.24, 2.45) is 9.98 Å². The van der Waals surface area contributed by atoms with Crippen LogP contribution in [0.3, 0.4) is 0 Å². The zero-order valence-corrected chi connectivity index (χ0v) is 12.0. The molecule has 0 fully saturated rings. The zero-order valence-electron chi connectivity index (χ0n) is 12.0. The highest BCUT2D eigenvalue weighted by Gasteiger charge is 2.21. The van der Waals surface area contributed by atoms with E-state index in [1.54, 1.807) is 0 Å². The van der Waals surface area contributed by atoms with Crippen molar-refractivity contribution in [3.8, 4) is 0 Å². The van der Waals surface area contributed by atoms with Gasteiger partial charge in [-0.25, -0.2) is 9.98 Å². The van der Waals surface area contributed by atoms with Crippen molar-refractivity contribution in [2.45, 2.75) is 38.8 Å². The molecule has 4 nitrogen and oxygen atoms in total. The molecule has 0 unspecified atom stereocenters. The van der Waals surface area contributed by atoms with Crippen molar-refractivity contribution < 1.29 is 9.47 Å². The number of hydrogen-bond acceptors (Lipinski definition) is 4. The Morgan fingerprint density at radius 3 is 1.85 bits per heavy atom. The molecule has 1 aromatic carbocycles. The minimum absolute atomic E-state index is 0.290. The number of benzene rings is 1. The lowest BCUT2D eigenvalue weighted by atomic mass is 10.1. The second-order valence-corrected chi connectivity index (χ2v) is 5.20. The Morgan fingerprint density at radius 2 is 1.45 bits per heavy atom. The number of nitrogens with zero attached hydrogens (tertiary/aromatic N) is 2. The largest absolute Gasteiger partial charge is 0.475 e. The molecule has 0 aliphatic carbocycles. The first-order valence-corrected chi connectivity index (χ1v) is 7.32. The SMILES string of the molecule is CC[C@H]1COC(c2cccc(C3=N[C@@H](CC)CO3)c2)=N1. The Balaban J connectivity index is 1.84. The van der Waals surface area contributed by atoms with E-state index in [0.717, 1.165) is 35.8 Å². The van der Waals surface area contributed by atoms with Crippen molar-refractivity contribution >= 4 is 11.8 Å². The summed E-state index contributed by atoms with van der Waals surface area (Å²) in [5, 5.41) is 0. The van der Waals surface area contributed by atoms with E-state index in [1.165, 1.54) is 0 Å². The van der Waals surface area contributed by atoms with E-state index in [2.05, 4.69) is 23.8 Å². The van der Waals surface area contributed by atoms with Crippen LogP contribution in [0.2, 0.25) is 0 Å². The normalized spacial score (nSPS) is 24.9. The molecular weight excluding hydrogens is 252 g/mol. The molecule has 106 valence electrons. The summed E-state index contributed by atoms with van der Waals surface area (Å²) in [4.78, 5) is 9.18. The van der Waals surface area contributed by atoms with Gasteiger partial charge in [0.1, 0.15) is 13.2 Å². The fourth-order valence-corrected chi connectivity index (χ4v) is 2.35. The lowest BCUT2D eigenvalue weighted by Gasteiger charge is -2.05. The topological polar surface area (TPSA) is 43.2 Å². The van der Waals surface area contributed by atoms with E-state index in [4.69, 9.17) is 9.47 Å². The second-order valence-electron chi connectivity index (χ2n) is 5.20. The maximum Gasteiger partial charge on any atom is 0.216 e. The molecule has 0 amide bonds. The van der Waals surface area contributed by atoms with Gasteiger partial charge in [-0.15, -0.1) is 0 Å². The summed E-state index contributed by atoms with van der Waals surface area (Å²) < 4.78 is 11.3. The minimum atomic E-state index is 0.290. The third-order valence-electron chi connectivity index (χ3n) is 3.72. The van der Waals surface area contributed by atoms with E-state index in [1.807, 2.05) is 24.3 Å². The van der Waals surface area contributed by atoms with Crippen molar-refractivity contribution in [1.82, 2.24) is 0 Å². The molecule has 0 spiro atoms. The van der Waals surface area contributed by atoms with Gasteiger partial charge in [-0.2, -0.15) is 0 Å². The van der Waals surface area contributed by atoms with Crippen molar-refractivity contribution in [3.05, 3.63) is 35.4 Å². The van der Waals surface area contributed by atoms with E-state index in [9.17, 15) is 0 Å². The van der Waals surface area contributed by atoms with Gasteiger partial charge in [-0.05, 0) is 31.0 Å². The Labute approximate surface area is 119 Å². The molecule has 4 heteroatoms. The highest BCUT2D eigenvalue weighted by Crippen LogP contribution is 2.18. The maximum absolute atomic E-state index is 5.67. The molecule has 0 N–H and O–H groups in total. The summed E-state index contributed by atoms with van der Waals surface area (Å²) in [7, 11) is 0. The van der Waals surface area contributed by atoms with Gasteiger partial charge in [0, 0.05) is 11.1 Å². The molecular formula is C16H20N2O2. The predicted molar refractivity (Wildman–Crippen MR) is 79.6 cm³/mol. The molecule has 2 aliphatic rings. The quantitative estimate of drug-likeness (QED) is 0.846. The van der Waals surface area contributed by atoms with Crippen LogP contribution in [0.4, 0.5) is 0 Å². The molecule has 0 aromatic heterocycles. The van der Waals surface area contributed by atoms with Crippen LogP contribution in [0.5, 0.6) is 0 Å². The monoisotopic (exact) mass is 272 g/mol. The maximum atomic E-state index is 5.67. The van der Waals surface area contributed by atoms with Crippen LogP contribution in [-0.2, 0) is 9.47 Å². The first-order valence-electron chi connectivity index (χ1n) is 7.32. The van der Waals surface area contributed by atoms with Crippen LogP contribution in [0.1, 0.15) is 37.8 Å². The number of rotatable bonds is 4. The van der Waals surface area contributed by atoms with Crippen LogP contribution in [-0.4, -0.2) is 37.1 Å². The second kappa shape index (κ2) is 5.65. The molecule has 0 radical (unpaired) electrons. The van der Waals surface area contributed by atoms with Gasteiger partial charge in [0.15, 0.2) is 0 Å². The molecule has 0 saturated heterocycles. The van der Waals surface area contributed by atoms with Crippen LogP contribution >= 0.6 is 0 Å². The van der Waals surface area contributed by atoms with E-state index >= 15 is 0 Å². The highest BCUT2D eigenvalue weighted by atomic mass is 16.5. The van der Waals surface area contributed by atoms with Gasteiger partial charge < -0.3 is 9.47 Å². The van der Waals surface area contributed by atoms with E-state index in [0.29, 0.717) is 13.2 Å². The van der Waals surface area contributed by atoms with Gasteiger partial charge in [-0.1, -0.05) is 19.9 Å². The number of ether oxygens (including phenoxy) is 2. The fourth-order valence-electron chi connectivity index (χ4n) is 2.35. The fraction of sp³-hybridized carbons (Fsp3) is 0.500. The summed E-state index contributed by atoms with van der Waals surface area (Å²) in [5.74, 6) is 1.48. The third kappa shape index (κ3) is 2.55. The molecule has 2 aliphatic heterocycles. The molecule has 0 bridgehead atoms. The third-order valence-corrected chi connectivity index (χ3v) is 3.72. The zero-order chi connectivity index (χ0) is 13.9. The Morgan fingerprint density at radius 1 is 0.950 bits per heavy atom. The summed E-state index contributed by atoms with van der Waals surface area (Å²) >= 11 is 0. The lowest BCUT2D eigenvalue weighted by Crippen LogP contribution is -2.06. The van der Waals surface area contributed by atoms with Gasteiger partial charge in [0.05, 0.1) is 12.1 Å². The molecule has 2 atom stereocenters. The van der Waals surface area contributed by atoms with Crippen molar-refractivity contribution in [2.75, 3.05) is 13.2 Å². The molecule has 1 aromatic rings. The Hall–Kier alpha value is -1.84. The summed E-state index contributed by atoms with van der Waals surface area (Å²) in [6.45, 7) is 5.63. The number of hydrogen-bond donors (Lipinski definition) is 0. The summed E-state index contributed by atoms with van der Waals surface area (Å²) in [5.41, 5.74) is 2.01. The Kier molecular flexibility index (Phi) is 3.72. The van der Waals surface area contributed by atoms with Crippen molar-refractivity contribution in [3.63, 3.8) is 0 Å². The average molecular weight is 272 g/mol. The van der Waals surface area contributed by atoms with Crippen LogP contribution in [0, 0.1) is 0 Å². The van der Waals surface area contributed by atoms with Crippen molar-refractivity contribution in [1.29, 1.82) is 0 Å². The van der Waals surface area contributed by atoms with Gasteiger partial charge in [0.2, 0.25) is 11.8 Å². The van der Waals surface area contributed by atoms with E-state index in [-0.39, 0.29) is 12.1 Å². The predicted octanol–water partition coefficient (Wildman–Crippen LogP) is 2.80. The standard InChI is InChI=1S/C16H20N2O2/c1-3-13-9-19-15(17-13)11-6-5-7-12(8-11)16-18-14(4-2)10-20-16/h5-8,13-14H,3-4,9-10H2,1-2H3/t13-,14-/m0/s1. The smallest absolute Gasteiger partial charge is 0.216 e. The molecule has 3 rings (SSSR count). The first kappa shape index (κ1) is 13.2. The summed E-state index contributed by atoms with van der Waals surface area (Å²) in [6.07, 6.45) is 2.02. The molecule has 20 heavy (non-hydrogen) atoms.